The zero-order valence-electron chi connectivity index (χ0n) is 15.6. The second-order valence-electron chi connectivity index (χ2n) is 6.67. The lowest BCUT2D eigenvalue weighted by molar-refractivity contribution is -0.124. The highest BCUT2D eigenvalue weighted by Crippen LogP contribution is 2.29. The van der Waals surface area contributed by atoms with E-state index in [1.54, 1.807) is 18.2 Å². The second kappa shape index (κ2) is 9.21. The van der Waals surface area contributed by atoms with Gasteiger partial charge in [-0.1, -0.05) is 31.2 Å². The van der Waals surface area contributed by atoms with Crippen molar-refractivity contribution in [2.75, 3.05) is 13.2 Å². The molecule has 0 saturated heterocycles. The lowest BCUT2D eigenvalue weighted by Crippen LogP contribution is -2.34. The molecule has 0 bridgehead atoms. The minimum Gasteiger partial charge on any atom is -0.493 e. The second-order valence-corrected chi connectivity index (χ2v) is 6.67. The Morgan fingerprint density at radius 1 is 1.22 bits per heavy atom. The molecular weight excluding hydrogens is 342 g/mol. The van der Waals surface area contributed by atoms with E-state index in [-0.39, 0.29) is 18.6 Å². The quantitative estimate of drug-likeness (QED) is 0.720. The SMILES string of the molecule is CCCOc1ccc(C=O)c(OCC(=O)N[C@@H]2CCCc3ccccc32)c1. The zero-order valence-corrected chi connectivity index (χ0v) is 15.6. The molecule has 27 heavy (non-hydrogen) atoms. The number of fused-ring (bicyclic) bond motifs is 1. The molecule has 2 aromatic carbocycles. The first-order valence-electron chi connectivity index (χ1n) is 9.43. The molecule has 0 radical (unpaired) electrons. The molecule has 0 spiro atoms. The van der Waals surface area contributed by atoms with Crippen molar-refractivity contribution >= 4 is 12.2 Å². The summed E-state index contributed by atoms with van der Waals surface area (Å²) in [6.45, 7) is 2.46. The molecule has 5 heteroatoms. The van der Waals surface area contributed by atoms with Crippen LogP contribution in [-0.4, -0.2) is 25.4 Å². The molecule has 1 atom stereocenters. The van der Waals surface area contributed by atoms with Crippen LogP contribution in [0.2, 0.25) is 0 Å². The molecule has 1 aliphatic carbocycles. The van der Waals surface area contributed by atoms with Gasteiger partial charge in [0, 0.05) is 6.07 Å². The van der Waals surface area contributed by atoms with Gasteiger partial charge in [0.05, 0.1) is 18.2 Å². The first-order chi connectivity index (χ1) is 13.2. The summed E-state index contributed by atoms with van der Waals surface area (Å²) in [4.78, 5) is 23.6. The molecule has 1 N–H and O–H groups in total. The van der Waals surface area contributed by atoms with Gasteiger partial charge in [0.15, 0.2) is 12.9 Å². The molecule has 0 heterocycles. The lowest BCUT2D eigenvalue weighted by atomic mass is 9.88. The van der Waals surface area contributed by atoms with E-state index in [0.29, 0.717) is 30.0 Å². The summed E-state index contributed by atoms with van der Waals surface area (Å²) in [6.07, 6.45) is 4.62. The highest BCUT2D eigenvalue weighted by molar-refractivity contribution is 5.81. The molecule has 142 valence electrons. The Labute approximate surface area is 159 Å². The summed E-state index contributed by atoms with van der Waals surface area (Å²) < 4.78 is 11.2. The Kier molecular flexibility index (Phi) is 6.47. The summed E-state index contributed by atoms with van der Waals surface area (Å²) in [5.41, 5.74) is 2.87. The van der Waals surface area contributed by atoms with E-state index in [1.165, 1.54) is 11.1 Å². The van der Waals surface area contributed by atoms with Gasteiger partial charge in [0.25, 0.3) is 5.91 Å². The number of aldehydes is 1. The summed E-state index contributed by atoms with van der Waals surface area (Å²) in [6, 6.07) is 13.2. The molecule has 0 aromatic heterocycles. The van der Waals surface area contributed by atoms with Crippen LogP contribution in [0.5, 0.6) is 11.5 Å². The molecule has 1 aliphatic rings. The molecule has 0 aliphatic heterocycles. The number of amides is 1. The summed E-state index contributed by atoms with van der Waals surface area (Å²) in [5.74, 6) is 0.783. The molecule has 0 unspecified atom stereocenters. The van der Waals surface area contributed by atoms with E-state index >= 15 is 0 Å². The van der Waals surface area contributed by atoms with E-state index < -0.39 is 0 Å². The fraction of sp³-hybridized carbons (Fsp3) is 0.364. The van der Waals surface area contributed by atoms with Crippen molar-refractivity contribution in [3.63, 3.8) is 0 Å². The van der Waals surface area contributed by atoms with E-state index in [9.17, 15) is 9.59 Å². The molecule has 3 rings (SSSR count). The Balaban J connectivity index is 1.62. The Bertz CT molecular complexity index is 803. The highest BCUT2D eigenvalue weighted by atomic mass is 16.5. The zero-order chi connectivity index (χ0) is 19.1. The van der Waals surface area contributed by atoms with Gasteiger partial charge in [-0.2, -0.15) is 0 Å². The number of aryl methyl sites for hydroxylation is 1. The third kappa shape index (κ3) is 4.88. The minimum absolute atomic E-state index is 0.0100. The van der Waals surface area contributed by atoms with Crippen molar-refractivity contribution in [3.05, 3.63) is 59.2 Å². The van der Waals surface area contributed by atoms with Crippen LogP contribution in [0.1, 0.15) is 53.7 Å². The molecule has 0 fully saturated rings. The summed E-state index contributed by atoms with van der Waals surface area (Å²) >= 11 is 0. The monoisotopic (exact) mass is 367 g/mol. The van der Waals surface area contributed by atoms with Crippen molar-refractivity contribution < 1.29 is 19.1 Å². The van der Waals surface area contributed by atoms with Crippen molar-refractivity contribution in [1.29, 1.82) is 0 Å². The number of benzene rings is 2. The van der Waals surface area contributed by atoms with Crippen LogP contribution in [0.3, 0.4) is 0 Å². The van der Waals surface area contributed by atoms with E-state index in [0.717, 1.165) is 25.7 Å². The van der Waals surface area contributed by atoms with Gasteiger partial charge in [0.2, 0.25) is 0 Å². The average molecular weight is 367 g/mol. The van der Waals surface area contributed by atoms with Gasteiger partial charge >= 0.3 is 0 Å². The maximum atomic E-state index is 12.4. The van der Waals surface area contributed by atoms with Gasteiger partial charge in [-0.15, -0.1) is 0 Å². The maximum Gasteiger partial charge on any atom is 0.258 e. The first kappa shape index (κ1) is 19.0. The fourth-order valence-corrected chi connectivity index (χ4v) is 3.33. The van der Waals surface area contributed by atoms with Crippen LogP contribution >= 0.6 is 0 Å². The molecule has 0 saturated carbocycles. The van der Waals surface area contributed by atoms with Crippen molar-refractivity contribution in [2.24, 2.45) is 0 Å². The standard InChI is InChI=1S/C22H25NO4/c1-2-12-26-18-11-10-17(14-24)21(13-18)27-15-22(25)23-20-9-5-7-16-6-3-4-8-19(16)20/h3-4,6,8,10-11,13-14,20H,2,5,7,9,12,15H2,1H3,(H,23,25)/t20-/m1/s1. The average Bonchev–Trinajstić information content (AvgIpc) is 2.71. The summed E-state index contributed by atoms with van der Waals surface area (Å²) in [7, 11) is 0. The largest absolute Gasteiger partial charge is 0.493 e. The van der Waals surface area contributed by atoms with Gasteiger partial charge in [-0.05, 0) is 48.9 Å². The number of hydrogen-bond acceptors (Lipinski definition) is 4. The van der Waals surface area contributed by atoms with Crippen LogP contribution in [0.25, 0.3) is 0 Å². The number of ether oxygens (including phenoxy) is 2. The third-order valence-electron chi connectivity index (χ3n) is 4.65. The van der Waals surface area contributed by atoms with Gasteiger partial charge < -0.3 is 14.8 Å². The van der Waals surface area contributed by atoms with E-state index in [1.807, 2.05) is 19.1 Å². The number of carbonyl (C=O) groups is 2. The normalized spacial score (nSPS) is 15.5. The van der Waals surface area contributed by atoms with Gasteiger partial charge in [-0.3, -0.25) is 9.59 Å². The van der Waals surface area contributed by atoms with Crippen LogP contribution in [0.15, 0.2) is 42.5 Å². The van der Waals surface area contributed by atoms with Crippen molar-refractivity contribution in [1.82, 2.24) is 5.32 Å². The number of nitrogens with one attached hydrogen (secondary N) is 1. The van der Waals surface area contributed by atoms with Crippen LogP contribution < -0.4 is 14.8 Å². The van der Waals surface area contributed by atoms with E-state index in [2.05, 4.69) is 17.4 Å². The number of hydrogen-bond donors (Lipinski definition) is 1. The third-order valence-corrected chi connectivity index (χ3v) is 4.65. The Morgan fingerprint density at radius 2 is 2.07 bits per heavy atom. The van der Waals surface area contributed by atoms with Crippen LogP contribution in [-0.2, 0) is 11.2 Å². The minimum atomic E-state index is -0.201. The smallest absolute Gasteiger partial charge is 0.258 e. The van der Waals surface area contributed by atoms with E-state index in [4.69, 9.17) is 9.47 Å². The lowest BCUT2D eigenvalue weighted by Gasteiger charge is -2.26. The van der Waals surface area contributed by atoms with Crippen LogP contribution in [0.4, 0.5) is 0 Å². The van der Waals surface area contributed by atoms with Gasteiger partial charge in [0.1, 0.15) is 11.5 Å². The maximum absolute atomic E-state index is 12.4. The van der Waals surface area contributed by atoms with Crippen molar-refractivity contribution in [2.45, 2.75) is 38.6 Å². The van der Waals surface area contributed by atoms with Crippen molar-refractivity contribution in [3.8, 4) is 11.5 Å². The summed E-state index contributed by atoms with van der Waals surface area (Å²) in [5, 5.41) is 3.05. The molecule has 2 aromatic rings. The Morgan fingerprint density at radius 3 is 2.89 bits per heavy atom. The topological polar surface area (TPSA) is 64.6 Å². The molecule has 1 amide bonds. The van der Waals surface area contributed by atoms with Gasteiger partial charge in [-0.25, -0.2) is 0 Å². The Hall–Kier alpha value is -2.82. The molecular formula is C22H25NO4. The highest BCUT2D eigenvalue weighted by Gasteiger charge is 2.21. The fourth-order valence-electron chi connectivity index (χ4n) is 3.33. The first-order valence-corrected chi connectivity index (χ1v) is 9.43. The molecule has 5 nitrogen and oxygen atoms in total. The van der Waals surface area contributed by atoms with Crippen LogP contribution in [0, 0.1) is 0 Å². The number of rotatable bonds is 8. The predicted molar refractivity (Wildman–Crippen MR) is 103 cm³/mol. The number of carbonyl (C=O) groups excluding carboxylic acids is 2. The predicted octanol–water partition coefficient (Wildman–Crippen LogP) is 3.86.